The normalized spacial score (nSPS) is 13.3. The average Bonchev–Trinajstić information content (AvgIpc) is 3.09. The van der Waals surface area contributed by atoms with E-state index in [1.54, 1.807) is 6.92 Å². The molecule has 0 saturated heterocycles. The molecule has 9 heteroatoms. The fourth-order valence-corrected chi connectivity index (χ4v) is 7.03. The summed E-state index contributed by atoms with van der Waals surface area (Å²) >= 11 is 0. The molecule has 0 aliphatic carbocycles. The number of rotatable bonds is 40. The first-order valence-corrected chi connectivity index (χ1v) is 22.8. The van der Waals surface area contributed by atoms with Gasteiger partial charge in [0.15, 0.2) is 6.10 Å². The lowest BCUT2D eigenvalue weighted by atomic mass is 10.0. The Labute approximate surface area is 308 Å². The van der Waals surface area contributed by atoms with Crippen LogP contribution in [0.25, 0.3) is 0 Å². The quantitative estimate of drug-likeness (QED) is 0.0377. The van der Waals surface area contributed by atoms with Crippen LogP contribution in [0.2, 0.25) is 0 Å². The summed E-state index contributed by atoms with van der Waals surface area (Å²) in [5, 5.41) is 0. The van der Waals surface area contributed by atoms with Gasteiger partial charge in [0.2, 0.25) is 0 Å². The summed E-state index contributed by atoms with van der Waals surface area (Å²) in [7, 11) is -4.27. The van der Waals surface area contributed by atoms with Crippen molar-refractivity contribution in [2.45, 2.75) is 232 Å². The minimum atomic E-state index is -4.27. The van der Waals surface area contributed by atoms with Crippen LogP contribution in [-0.2, 0) is 32.7 Å². The molecule has 0 saturated carbocycles. The highest BCUT2D eigenvalue weighted by Gasteiger charge is 2.25. The summed E-state index contributed by atoms with van der Waals surface area (Å²) in [6, 6.07) is 0. The van der Waals surface area contributed by atoms with Crippen LogP contribution in [0.1, 0.15) is 226 Å². The van der Waals surface area contributed by atoms with Crippen molar-refractivity contribution in [3.8, 4) is 0 Å². The number of esters is 2. The Morgan fingerprint density at radius 1 is 0.460 bits per heavy atom. The first-order chi connectivity index (χ1) is 24.3. The lowest BCUT2D eigenvalue weighted by Crippen LogP contribution is -2.29. The molecule has 0 heterocycles. The van der Waals surface area contributed by atoms with Gasteiger partial charge in [-0.25, -0.2) is 4.57 Å². The van der Waals surface area contributed by atoms with Gasteiger partial charge in [-0.15, -0.1) is 0 Å². The van der Waals surface area contributed by atoms with Crippen molar-refractivity contribution in [3.05, 3.63) is 0 Å². The maximum atomic E-state index is 12.5. The third kappa shape index (κ3) is 36.8. The highest BCUT2D eigenvalue weighted by Crippen LogP contribution is 2.43. The van der Waals surface area contributed by atoms with Gasteiger partial charge < -0.3 is 14.4 Å². The van der Waals surface area contributed by atoms with Crippen LogP contribution in [0.5, 0.6) is 0 Å². The van der Waals surface area contributed by atoms with E-state index in [4.69, 9.17) is 18.5 Å². The second-order valence-corrected chi connectivity index (χ2v) is 15.8. The fraction of sp³-hybridized carbons (Fsp3) is 0.951. The van der Waals surface area contributed by atoms with Gasteiger partial charge >= 0.3 is 19.8 Å². The van der Waals surface area contributed by atoms with E-state index in [9.17, 15) is 19.0 Å². The smallest absolute Gasteiger partial charge is 0.462 e. The predicted octanol–water partition coefficient (Wildman–Crippen LogP) is 13.1. The van der Waals surface area contributed by atoms with Gasteiger partial charge in [-0.05, 0) is 19.8 Å². The van der Waals surface area contributed by atoms with Crippen LogP contribution < -0.4 is 0 Å². The van der Waals surface area contributed by atoms with E-state index in [-0.39, 0.29) is 32.2 Å². The molecule has 0 aromatic carbocycles. The molecular weight excluding hydrogens is 651 g/mol. The molecule has 0 aromatic heterocycles. The molecule has 50 heavy (non-hydrogen) atoms. The topological polar surface area (TPSA) is 108 Å². The third-order valence-electron chi connectivity index (χ3n) is 9.41. The maximum Gasteiger partial charge on any atom is 0.472 e. The van der Waals surface area contributed by atoms with Crippen LogP contribution in [0.3, 0.4) is 0 Å². The van der Waals surface area contributed by atoms with Gasteiger partial charge in [-0.2, -0.15) is 0 Å². The standard InChI is InChI=1S/C41H81O8P/c1-4-7-9-11-13-15-16-17-18-19-20-21-22-23-24-25-26-28-30-32-34-36-41(43)49-39(38-48-50(44,45)47-6-3)37-46-40(42)35-33-31-29-27-14-12-10-8-5-2/h39H,4-38H2,1-3H3,(H,44,45). The number of carbonyl (C=O) groups excluding carboxylic acids is 2. The van der Waals surface area contributed by atoms with Crippen molar-refractivity contribution < 1.29 is 37.6 Å². The van der Waals surface area contributed by atoms with Crippen LogP contribution >= 0.6 is 7.82 Å². The Morgan fingerprint density at radius 3 is 1.12 bits per heavy atom. The molecular formula is C41H81O8P. The maximum absolute atomic E-state index is 12.5. The summed E-state index contributed by atoms with van der Waals surface area (Å²) in [5.41, 5.74) is 0. The molecule has 0 amide bonds. The number of phosphoric ester groups is 1. The zero-order chi connectivity index (χ0) is 36.8. The summed E-state index contributed by atoms with van der Waals surface area (Å²) in [6.45, 7) is 5.48. The Balaban J connectivity index is 3.94. The van der Waals surface area contributed by atoms with Gasteiger partial charge in [0.25, 0.3) is 0 Å². The Bertz CT molecular complexity index is 793. The molecule has 2 atom stereocenters. The van der Waals surface area contributed by atoms with E-state index < -0.39 is 19.9 Å². The number of phosphoric acid groups is 1. The monoisotopic (exact) mass is 733 g/mol. The number of carbonyl (C=O) groups is 2. The van der Waals surface area contributed by atoms with E-state index in [0.29, 0.717) is 6.42 Å². The van der Waals surface area contributed by atoms with Crippen molar-refractivity contribution in [1.82, 2.24) is 0 Å². The molecule has 0 aliphatic rings. The molecule has 0 radical (unpaired) electrons. The molecule has 0 bridgehead atoms. The van der Waals surface area contributed by atoms with Crippen molar-refractivity contribution in [1.29, 1.82) is 0 Å². The third-order valence-corrected chi connectivity index (χ3v) is 10.5. The average molecular weight is 733 g/mol. The largest absolute Gasteiger partial charge is 0.472 e. The zero-order valence-corrected chi connectivity index (χ0v) is 34.0. The molecule has 1 N–H and O–H groups in total. The Morgan fingerprint density at radius 2 is 0.780 bits per heavy atom. The van der Waals surface area contributed by atoms with Crippen molar-refractivity contribution in [2.24, 2.45) is 0 Å². The zero-order valence-electron chi connectivity index (χ0n) is 33.1. The molecule has 0 spiro atoms. The SMILES string of the molecule is CCCCCCCCCCCCCCCCCCCCCCCC(=O)OC(COC(=O)CCCCCCCCCCC)COP(=O)(O)OCC. The van der Waals surface area contributed by atoms with Crippen LogP contribution in [-0.4, -0.2) is 42.8 Å². The molecule has 8 nitrogen and oxygen atoms in total. The molecule has 298 valence electrons. The van der Waals surface area contributed by atoms with Crippen LogP contribution in [0, 0.1) is 0 Å². The molecule has 0 aromatic rings. The Hall–Kier alpha value is -0.950. The van der Waals surface area contributed by atoms with E-state index >= 15 is 0 Å². The van der Waals surface area contributed by atoms with E-state index in [1.807, 2.05) is 0 Å². The number of hydrogen-bond donors (Lipinski definition) is 1. The minimum absolute atomic E-state index is 0.00539. The van der Waals surface area contributed by atoms with E-state index in [2.05, 4.69) is 13.8 Å². The van der Waals surface area contributed by atoms with Gasteiger partial charge in [0, 0.05) is 12.8 Å². The number of hydrogen-bond acceptors (Lipinski definition) is 7. The fourth-order valence-electron chi connectivity index (χ4n) is 6.28. The molecule has 0 fully saturated rings. The summed E-state index contributed by atoms with van der Waals surface area (Å²) < 4.78 is 32.5. The molecule has 2 unspecified atom stereocenters. The lowest BCUT2D eigenvalue weighted by Gasteiger charge is -2.19. The highest BCUT2D eigenvalue weighted by molar-refractivity contribution is 7.47. The van der Waals surface area contributed by atoms with Crippen molar-refractivity contribution >= 4 is 19.8 Å². The van der Waals surface area contributed by atoms with Crippen molar-refractivity contribution in [3.63, 3.8) is 0 Å². The molecule has 0 rings (SSSR count). The van der Waals surface area contributed by atoms with Gasteiger partial charge in [-0.1, -0.05) is 194 Å². The Kier molecular flexibility index (Phi) is 37.1. The molecule has 0 aliphatic heterocycles. The first kappa shape index (κ1) is 49.0. The van der Waals surface area contributed by atoms with Crippen molar-refractivity contribution in [2.75, 3.05) is 19.8 Å². The number of unbranched alkanes of at least 4 members (excludes halogenated alkanes) is 28. The predicted molar refractivity (Wildman–Crippen MR) is 207 cm³/mol. The van der Waals surface area contributed by atoms with Crippen LogP contribution in [0.4, 0.5) is 0 Å². The first-order valence-electron chi connectivity index (χ1n) is 21.3. The van der Waals surface area contributed by atoms with E-state index in [0.717, 1.165) is 38.5 Å². The second-order valence-electron chi connectivity index (χ2n) is 14.4. The van der Waals surface area contributed by atoms with Gasteiger partial charge in [-0.3, -0.25) is 18.6 Å². The lowest BCUT2D eigenvalue weighted by molar-refractivity contribution is -0.161. The van der Waals surface area contributed by atoms with Gasteiger partial charge in [0.1, 0.15) is 6.61 Å². The summed E-state index contributed by atoms with van der Waals surface area (Å²) in [6.07, 6.45) is 37.4. The highest BCUT2D eigenvalue weighted by atomic mass is 31.2. The van der Waals surface area contributed by atoms with Gasteiger partial charge in [0.05, 0.1) is 13.2 Å². The number of ether oxygens (including phenoxy) is 2. The van der Waals surface area contributed by atoms with Crippen LogP contribution in [0.15, 0.2) is 0 Å². The second kappa shape index (κ2) is 37.8. The summed E-state index contributed by atoms with van der Waals surface area (Å²) in [4.78, 5) is 34.6. The summed E-state index contributed by atoms with van der Waals surface area (Å²) in [5.74, 6) is -0.786. The minimum Gasteiger partial charge on any atom is -0.462 e. The van der Waals surface area contributed by atoms with E-state index in [1.165, 1.54) is 154 Å².